The largest absolute Gasteiger partial charge is 0.330 e. The van der Waals surface area contributed by atoms with Crippen LogP contribution in [0.1, 0.15) is 6.42 Å². The molecule has 0 radical (unpaired) electrons. The summed E-state index contributed by atoms with van der Waals surface area (Å²) in [7, 11) is -0.491. The number of carbonyl (C=O) groups excluding carboxylic acids is 1. The van der Waals surface area contributed by atoms with Crippen molar-refractivity contribution in [3.05, 3.63) is 30.3 Å². The summed E-state index contributed by atoms with van der Waals surface area (Å²) in [5.41, 5.74) is 0.710. The van der Waals surface area contributed by atoms with E-state index in [9.17, 15) is 9.36 Å². The number of amides is 1. The normalized spacial score (nSPS) is 11.2. The van der Waals surface area contributed by atoms with Crippen LogP contribution in [0.5, 0.6) is 0 Å². The van der Waals surface area contributed by atoms with E-state index in [0.29, 0.717) is 5.69 Å². The molecule has 1 amide bonds. The Labute approximate surface area is 101 Å². The van der Waals surface area contributed by atoms with Crippen molar-refractivity contribution >= 4 is 19.2 Å². The third-order valence-corrected chi connectivity index (χ3v) is 4.11. The van der Waals surface area contributed by atoms with Gasteiger partial charge in [0.1, 0.15) is 0 Å². The molecular weight excluding hydrogens is 241 g/mol. The molecule has 1 aromatic carbocycles. The summed E-state index contributed by atoms with van der Waals surface area (Å²) in [6, 6.07) is 9.07. The van der Waals surface area contributed by atoms with Gasteiger partial charge in [-0.05, 0) is 12.1 Å². The molecule has 1 N–H and O–H groups in total. The monoisotopic (exact) mass is 257 g/mol. The molecular formula is C11H16NO4P. The summed E-state index contributed by atoms with van der Waals surface area (Å²) in [4.78, 5) is 11.5. The second-order valence-electron chi connectivity index (χ2n) is 3.36. The Balaban J connectivity index is 2.43. The number of benzene rings is 1. The number of anilines is 1. The summed E-state index contributed by atoms with van der Waals surface area (Å²) < 4.78 is 21.2. The van der Waals surface area contributed by atoms with E-state index in [-0.39, 0.29) is 18.5 Å². The van der Waals surface area contributed by atoms with Gasteiger partial charge < -0.3 is 14.4 Å². The van der Waals surface area contributed by atoms with E-state index in [0.717, 1.165) is 0 Å². The summed E-state index contributed by atoms with van der Waals surface area (Å²) in [5.74, 6) is -0.217. The molecule has 0 fully saturated rings. The molecule has 0 spiro atoms. The van der Waals surface area contributed by atoms with Gasteiger partial charge in [0.15, 0.2) is 0 Å². The fourth-order valence-corrected chi connectivity index (χ4v) is 2.23. The third-order valence-electron chi connectivity index (χ3n) is 2.23. The van der Waals surface area contributed by atoms with Crippen LogP contribution < -0.4 is 5.32 Å². The molecule has 6 heteroatoms. The van der Waals surface area contributed by atoms with E-state index >= 15 is 0 Å². The van der Waals surface area contributed by atoms with Gasteiger partial charge in [-0.1, -0.05) is 18.2 Å². The van der Waals surface area contributed by atoms with Gasteiger partial charge in [-0.15, -0.1) is 0 Å². The quantitative estimate of drug-likeness (QED) is 0.795. The second-order valence-corrected chi connectivity index (χ2v) is 5.76. The van der Waals surface area contributed by atoms with Gasteiger partial charge in [0.2, 0.25) is 5.91 Å². The van der Waals surface area contributed by atoms with E-state index in [1.54, 1.807) is 12.1 Å². The predicted octanol–water partition coefficient (Wildman–Crippen LogP) is 2.50. The number of hydrogen-bond donors (Lipinski definition) is 1. The van der Waals surface area contributed by atoms with Crippen molar-refractivity contribution < 1.29 is 18.4 Å². The third kappa shape index (κ3) is 4.69. The molecule has 0 atom stereocenters. The highest BCUT2D eigenvalue weighted by molar-refractivity contribution is 7.53. The molecule has 0 bridgehead atoms. The highest BCUT2D eigenvalue weighted by atomic mass is 31.2. The Bertz CT molecular complexity index is 399. The minimum atomic E-state index is -3.10. The first-order valence-corrected chi connectivity index (χ1v) is 6.88. The molecule has 0 heterocycles. The molecule has 0 saturated carbocycles. The second kappa shape index (κ2) is 6.55. The lowest BCUT2D eigenvalue weighted by molar-refractivity contribution is -0.115. The van der Waals surface area contributed by atoms with Crippen molar-refractivity contribution in [2.45, 2.75) is 6.42 Å². The van der Waals surface area contributed by atoms with Gasteiger partial charge in [0, 0.05) is 26.3 Å². The van der Waals surface area contributed by atoms with E-state index in [4.69, 9.17) is 9.05 Å². The van der Waals surface area contributed by atoms with Crippen molar-refractivity contribution in [2.75, 3.05) is 25.7 Å². The van der Waals surface area contributed by atoms with Gasteiger partial charge in [-0.3, -0.25) is 9.36 Å². The van der Waals surface area contributed by atoms with Crippen LogP contribution >= 0.6 is 7.60 Å². The molecule has 0 aliphatic heterocycles. The zero-order chi connectivity index (χ0) is 12.7. The van der Waals surface area contributed by atoms with Crippen LogP contribution in [0.25, 0.3) is 0 Å². The smallest absolute Gasteiger partial charge is 0.326 e. The minimum Gasteiger partial charge on any atom is -0.326 e. The minimum absolute atomic E-state index is 0.0681. The fraction of sp³-hybridized carbons (Fsp3) is 0.364. The summed E-state index contributed by atoms with van der Waals surface area (Å²) >= 11 is 0. The molecule has 17 heavy (non-hydrogen) atoms. The number of rotatable bonds is 6. The van der Waals surface area contributed by atoms with Gasteiger partial charge in [-0.25, -0.2) is 0 Å². The van der Waals surface area contributed by atoms with E-state index in [1.165, 1.54) is 14.2 Å². The molecule has 0 aromatic heterocycles. The van der Waals surface area contributed by atoms with Gasteiger partial charge >= 0.3 is 7.60 Å². The molecule has 0 saturated heterocycles. The lowest BCUT2D eigenvalue weighted by atomic mass is 10.3. The van der Waals surface area contributed by atoms with E-state index < -0.39 is 7.60 Å². The number of carbonyl (C=O) groups is 1. The lowest BCUT2D eigenvalue weighted by Crippen LogP contribution is -2.13. The van der Waals surface area contributed by atoms with E-state index in [2.05, 4.69) is 5.32 Å². The Hall–Kier alpha value is -1.16. The van der Waals surface area contributed by atoms with Crippen LogP contribution in [0.3, 0.4) is 0 Å². The average Bonchev–Trinajstić information content (AvgIpc) is 2.37. The Kier molecular flexibility index (Phi) is 5.35. The zero-order valence-corrected chi connectivity index (χ0v) is 10.8. The lowest BCUT2D eigenvalue weighted by Gasteiger charge is -2.13. The van der Waals surface area contributed by atoms with E-state index in [1.807, 2.05) is 18.2 Å². The fourth-order valence-electron chi connectivity index (χ4n) is 1.24. The van der Waals surface area contributed by atoms with Crippen molar-refractivity contribution in [2.24, 2.45) is 0 Å². The molecule has 5 nitrogen and oxygen atoms in total. The Morgan fingerprint density at radius 1 is 1.24 bits per heavy atom. The summed E-state index contributed by atoms with van der Waals surface area (Å²) in [6.07, 6.45) is 0.159. The van der Waals surface area contributed by atoms with Crippen molar-refractivity contribution in [3.63, 3.8) is 0 Å². The number of nitrogens with one attached hydrogen (secondary N) is 1. The summed E-state index contributed by atoms with van der Waals surface area (Å²) in [6.45, 7) is 0. The maximum absolute atomic E-state index is 11.7. The van der Waals surface area contributed by atoms with Crippen LogP contribution in [0, 0.1) is 0 Å². The van der Waals surface area contributed by atoms with Crippen molar-refractivity contribution in [3.8, 4) is 0 Å². The van der Waals surface area contributed by atoms with Crippen LogP contribution in [-0.2, 0) is 18.4 Å². The molecule has 0 unspecified atom stereocenters. The molecule has 1 rings (SSSR count). The molecule has 0 aliphatic carbocycles. The topological polar surface area (TPSA) is 64.6 Å². The maximum Gasteiger partial charge on any atom is 0.330 e. The van der Waals surface area contributed by atoms with Crippen molar-refractivity contribution in [1.29, 1.82) is 0 Å². The summed E-state index contributed by atoms with van der Waals surface area (Å²) in [5, 5.41) is 2.69. The molecule has 0 aliphatic rings. The van der Waals surface area contributed by atoms with Crippen molar-refractivity contribution in [1.82, 2.24) is 0 Å². The van der Waals surface area contributed by atoms with Crippen LogP contribution in [0.2, 0.25) is 0 Å². The van der Waals surface area contributed by atoms with Gasteiger partial charge in [-0.2, -0.15) is 0 Å². The number of para-hydroxylation sites is 1. The first-order chi connectivity index (χ1) is 8.09. The van der Waals surface area contributed by atoms with Gasteiger partial charge in [0.25, 0.3) is 0 Å². The highest BCUT2D eigenvalue weighted by Crippen LogP contribution is 2.46. The SMILES string of the molecule is COP(=O)(CCC(=O)Nc1ccccc1)OC. The molecule has 94 valence electrons. The van der Waals surface area contributed by atoms with Crippen LogP contribution in [-0.4, -0.2) is 26.3 Å². The standard InChI is InChI=1S/C11H16NO4P/c1-15-17(14,16-2)9-8-11(13)12-10-6-4-3-5-7-10/h3-7H,8-9H2,1-2H3,(H,12,13). The zero-order valence-electron chi connectivity index (χ0n) is 9.88. The number of hydrogen-bond acceptors (Lipinski definition) is 4. The Morgan fingerprint density at radius 2 is 1.82 bits per heavy atom. The highest BCUT2D eigenvalue weighted by Gasteiger charge is 2.22. The first kappa shape index (κ1) is 13.9. The average molecular weight is 257 g/mol. The maximum atomic E-state index is 11.7. The Morgan fingerprint density at radius 3 is 2.35 bits per heavy atom. The van der Waals surface area contributed by atoms with Crippen LogP contribution in [0.4, 0.5) is 5.69 Å². The van der Waals surface area contributed by atoms with Crippen LogP contribution in [0.15, 0.2) is 30.3 Å². The van der Waals surface area contributed by atoms with Gasteiger partial charge in [0.05, 0.1) is 6.16 Å². The first-order valence-electron chi connectivity index (χ1n) is 5.15. The molecule has 1 aromatic rings. The predicted molar refractivity (Wildman–Crippen MR) is 66.2 cm³/mol.